The quantitative estimate of drug-likeness (QED) is 0.349. The van der Waals surface area contributed by atoms with Crippen molar-refractivity contribution in [3.8, 4) is 11.5 Å². The van der Waals surface area contributed by atoms with E-state index in [4.69, 9.17) is 9.47 Å². The van der Waals surface area contributed by atoms with Crippen molar-refractivity contribution in [1.82, 2.24) is 10.7 Å². The van der Waals surface area contributed by atoms with E-state index in [1.165, 1.54) is 12.1 Å². The molecule has 2 aliphatic rings. The van der Waals surface area contributed by atoms with Gasteiger partial charge in [-0.3, -0.25) is 19.7 Å². The smallest absolute Gasteiger partial charge is 0.329 e. The van der Waals surface area contributed by atoms with E-state index in [-0.39, 0.29) is 29.8 Å². The number of nitro groups is 1. The van der Waals surface area contributed by atoms with Crippen molar-refractivity contribution >= 4 is 23.7 Å². The number of hydrogen-bond acceptors (Lipinski definition) is 7. The second-order valence-corrected chi connectivity index (χ2v) is 4.97. The number of nitrogens with one attached hydrogen (secondary N) is 2. The molecule has 1 heterocycles. The summed E-state index contributed by atoms with van der Waals surface area (Å²) in [7, 11) is 0. The summed E-state index contributed by atoms with van der Waals surface area (Å²) in [4.78, 5) is 33.4. The summed E-state index contributed by atoms with van der Waals surface area (Å²) in [5, 5.41) is 17.1. The largest absolute Gasteiger partial charge is 0.454 e. The number of fused-ring (bicyclic) bond motifs is 1. The van der Waals surface area contributed by atoms with Gasteiger partial charge in [0, 0.05) is 6.04 Å². The van der Waals surface area contributed by atoms with Crippen molar-refractivity contribution in [2.75, 3.05) is 6.79 Å². The molecule has 0 bridgehead atoms. The van der Waals surface area contributed by atoms with E-state index in [1.807, 2.05) is 5.43 Å². The lowest BCUT2D eigenvalue weighted by molar-refractivity contribution is -0.385. The molecule has 0 spiro atoms. The SMILES string of the molecule is O=C(N/N=C\c1cc2c(cc1[N+](=O)[O-])OCO2)C(=O)NC1CC1. The second-order valence-electron chi connectivity index (χ2n) is 4.97. The van der Waals surface area contributed by atoms with Gasteiger partial charge in [-0.1, -0.05) is 0 Å². The zero-order valence-electron chi connectivity index (χ0n) is 11.8. The average Bonchev–Trinajstić information content (AvgIpc) is 3.21. The lowest BCUT2D eigenvalue weighted by atomic mass is 10.1. The van der Waals surface area contributed by atoms with Gasteiger partial charge in [0.2, 0.25) is 6.79 Å². The molecule has 10 nitrogen and oxygen atoms in total. The van der Waals surface area contributed by atoms with E-state index < -0.39 is 16.7 Å². The molecule has 1 aromatic carbocycles. The predicted octanol–water partition coefficient (Wildman–Crippen LogP) is 0.0522. The van der Waals surface area contributed by atoms with E-state index in [0.717, 1.165) is 19.1 Å². The first-order chi connectivity index (χ1) is 11.0. The Labute approximate surface area is 129 Å². The van der Waals surface area contributed by atoms with Gasteiger partial charge in [0.05, 0.1) is 22.8 Å². The van der Waals surface area contributed by atoms with E-state index in [9.17, 15) is 19.7 Å². The highest BCUT2D eigenvalue weighted by Gasteiger charge is 2.26. The molecular formula is C13H12N4O6. The van der Waals surface area contributed by atoms with E-state index >= 15 is 0 Å². The van der Waals surface area contributed by atoms with Crippen molar-refractivity contribution in [2.45, 2.75) is 18.9 Å². The summed E-state index contributed by atoms with van der Waals surface area (Å²) in [5.74, 6) is -1.11. The Morgan fingerprint density at radius 1 is 1.26 bits per heavy atom. The minimum Gasteiger partial charge on any atom is -0.454 e. The Hall–Kier alpha value is -3.17. The van der Waals surface area contributed by atoms with Crippen molar-refractivity contribution in [3.05, 3.63) is 27.8 Å². The Morgan fingerprint density at radius 3 is 2.61 bits per heavy atom. The number of rotatable bonds is 4. The number of hydrogen-bond donors (Lipinski definition) is 2. The summed E-state index contributed by atoms with van der Waals surface area (Å²) in [6.45, 7) is -0.0227. The number of nitrogens with zero attached hydrogens (tertiary/aromatic N) is 2. The number of hydrazone groups is 1. The number of carbonyl (C=O) groups is 2. The van der Waals surface area contributed by atoms with Gasteiger partial charge in [0.25, 0.3) is 5.69 Å². The molecule has 0 aromatic heterocycles. The fourth-order valence-electron chi connectivity index (χ4n) is 1.90. The molecule has 2 N–H and O–H groups in total. The summed E-state index contributed by atoms with van der Waals surface area (Å²) < 4.78 is 10.2. The molecule has 1 aromatic rings. The van der Waals surface area contributed by atoms with Crippen molar-refractivity contribution in [3.63, 3.8) is 0 Å². The van der Waals surface area contributed by atoms with Crippen LogP contribution in [-0.4, -0.2) is 35.8 Å². The molecular weight excluding hydrogens is 308 g/mol. The molecule has 1 saturated carbocycles. The number of carbonyl (C=O) groups excluding carboxylic acids is 2. The fraction of sp³-hybridized carbons (Fsp3) is 0.308. The summed E-state index contributed by atoms with van der Waals surface area (Å²) in [6.07, 6.45) is 2.78. The molecule has 0 unspecified atom stereocenters. The standard InChI is InChI=1S/C13H12N4O6/c18-12(15-8-1-2-8)13(19)16-14-5-7-3-10-11(23-6-22-10)4-9(7)17(20)21/h3-5,8H,1-2,6H2,(H,15,18)(H,16,19)/b14-5-. The third kappa shape index (κ3) is 3.36. The van der Waals surface area contributed by atoms with Crippen LogP contribution in [0.2, 0.25) is 0 Å². The zero-order chi connectivity index (χ0) is 16.4. The molecule has 23 heavy (non-hydrogen) atoms. The molecule has 1 aliphatic heterocycles. The molecule has 3 rings (SSSR count). The van der Waals surface area contributed by atoms with Gasteiger partial charge in [-0.05, 0) is 18.9 Å². The number of benzene rings is 1. The lowest BCUT2D eigenvalue weighted by Gasteiger charge is -2.02. The Morgan fingerprint density at radius 2 is 1.96 bits per heavy atom. The molecule has 2 amide bonds. The van der Waals surface area contributed by atoms with Crippen LogP contribution >= 0.6 is 0 Å². The van der Waals surface area contributed by atoms with E-state index in [1.54, 1.807) is 0 Å². The van der Waals surface area contributed by atoms with Gasteiger partial charge < -0.3 is 14.8 Å². The molecule has 0 radical (unpaired) electrons. The van der Waals surface area contributed by atoms with Crippen molar-refractivity contribution < 1.29 is 24.0 Å². The minimum atomic E-state index is -0.934. The van der Waals surface area contributed by atoms with Crippen LogP contribution in [0.15, 0.2) is 17.2 Å². The number of ether oxygens (including phenoxy) is 2. The summed E-state index contributed by atoms with van der Waals surface area (Å²) >= 11 is 0. The first-order valence-corrected chi connectivity index (χ1v) is 6.76. The maximum absolute atomic E-state index is 11.5. The van der Waals surface area contributed by atoms with Crippen LogP contribution in [0.25, 0.3) is 0 Å². The first kappa shape index (κ1) is 14.8. The highest BCUT2D eigenvalue weighted by atomic mass is 16.7. The van der Waals surface area contributed by atoms with Crippen LogP contribution in [0, 0.1) is 10.1 Å². The Bertz CT molecular complexity index is 713. The van der Waals surface area contributed by atoms with Crippen LogP contribution in [0.5, 0.6) is 11.5 Å². The van der Waals surface area contributed by atoms with Gasteiger partial charge in [-0.2, -0.15) is 5.10 Å². The van der Waals surface area contributed by atoms with E-state index in [0.29, 0.717) is 5.75 Å². The normalized spacial score (nSPS) is 15.5. The maximum atomic E-state index is 11.5. The van der Waals surface area contributed by atoms with Crippen LogP contribution in [0.4, 0.5) is 5.69 Å². The Kier molecular flexibility index (Phi) is 3.79. The summed E-state index contributed by atoms with van der Waals surface area (Å²) in [5.41, 5.74) is 1.88. The van der Waals surface area contributed by atoms with Gasteiger partial charge in [-0.25, -0.2) is 5.43 Å². The molecule has 1 fully saturated rings. The van der Waals surface area contributed by atoms with Crippen LogP contribution in [-0.2, 0) is 9.59 Å². The van der Waals surface area contributed by atoms with Gasteiger partial charge in [0.1, 0.15) is 0 Å². The molecule has 120 valence electrons. The first-order valence-electron chi connectivity index (χ1n) is 6.76. The minimum absolute atomic E-state index is 0.0227. The molecule has 10 heteroatoms. The molecule has 1 aliphatic carbocycles. The van der Waals surface area contributed by atoms with E-state index in [2.05, 4.69) is 10.4 Å². The van der Waals surface area contributed by atoms with Crippen LogP contribution in [0.3, 0.4) is 0 Å². The maximum Gasteiger partial charge on any atom is 0.329 e. The molecule has 0 atom stereocenters. The summed E-state index contributed by atoms with van der Waals surface area (Å²) in [6, 6.07) is 2.64. The van der Waals surface area contributed by atoms with Crippen molar-refractivity contribution in [1.29, 1.82) is 0 Å². The fourth-order valence-corrected chi connectivity index (χ4v) is 1.90. The number of nitro benzene ring substituents is 1. The third-order valence-electron chi connectivity index (χ3n) is 3.21. The third-order valence-corrected chi connectivity index (χ3v) is 3.21. The Balaban J connectivity index is 1.70. The molecule has 0 saturated heterocycles. The monoisotopic (exact) mass is 320 g/mol. The van der Waals surface area contributed by atoms with Gasteiger partial charge in [-0.15, -0.1) is 0 Å². The topological polar surface area (TPSA) is 132 Å². The highest BCUT2D eigenvalue weighted by Crippen LogP contribution is 2.37. The number of amides is 2. The lowest BCUT2D eigenvalue weighted by Crippen LogP contribution is -2.38. The average molecular weight is 320 g/mol. The van der Waals surface area contributed by atoms with Crippen LogP contribution < -0.4 is 20.2 Å². The van der Waals surface area contributed by atoms with Crippen molar-refractivity contribution in [2.24, 2.45) is 5.10 Å². The van der Waals surface area contributed by atoms with Gasteiger partial charge >= 0.3 is 11.8 Å². The predicted molar refractivity (Wildman–Crippen MR) is 76.1 cm³/mol. The van der Waals surface area contributed by atoms with Crippen LogP contribution in [0.1, 0.15) is 18.4 Å². The highest BCUT2D eigenvalue weighted by molar-refractivity contribution is 6.35. The van der Waals surface area contributed by atoms with Gasteiger partial charge in [0.15, 0.2) is 11.5 Å². The second kappa shape index (κ2) is 5.91. The zero-order valence-corrected chi connectivity index (χ0v) is 11.8.